The quantitative estimate of drug-likeness (QED) is 0.895. The Kier molecular flexibility index (Phi) is 4.55. The van der Waals surface area contributed by atoms with Crippen molar-refractivity contribution in [3.63, 3.8) is 0 Å². The molecule has 4 nitrogen and oxygen atoms in total. The second kappa shape index (κ2) is 6.39. The summed E-state index contributed by atoms with van der Waals surface area (Å²) >= 11 is 5.35. The van der Waals surface area contributed by atoms with E-state index in [0.717, 1.165) is 26.1 Å². The molecule has 20 heavy (non-hydrogen) atoms. The summed E-state index contributed by atoms with van der Waals surface area (Å²) < 4.78 is 9.01. The molecular formula is C14H18BrN3OS. The second-order valence-corrected chi connectivity index (χ2v) is 6.90. The number of rotatable bonds is 5. The van der Waals surface area contributed by atoms with Gasteiger partial charge in [0.15, 0.2) is 0 Å². The Morgan fingerprint density at radius 2 is 2.45 bits per heavy atom. The van der Waals surface area contributed by atoms with Crippen molar-refractivity contribution in [2.75, 3.05) is 13.2 Å². The third kappa shape index (κ3) is 2.98. The zero-order valence-electron chi connectivity index (χ0n) is 11.4. The second-order valence-electron chi connectivity index (χ2n) is 5.04. The Morgan fingerprint density at radius 3 is 3.15 bits per heavy atom. The normalized spacial score (nSPS) is 22.5. The van der Waals surface area contributed by atoms with Crippen LogP contribution in [0.3, 0.4) is 0 Å². The average Bonchev–Trinajstić information content (AvgIpc) is 3.12. The highest BCUT2D eigenvalue weighted by Crippen LogP contribution is 2.33. The SMILES string of the molecule is Cn1nccc1[C@@H]1OCC[C@H]1CNCc1sccc1Br. The van der Waals surface area contributed by atoms with Crippen LogP contribution >= 0.6 is 27.3 Å². The van der Waals surface area contributed by atoms with Gasteiger partial charge in [0.05, 0.1) is 5.69 Å². The maximum atomic E-state index is 5.89. The highest BCUT2D eigenvalue weighted by atomic mass is 79.9. The Morgan fingerprint density at radius 1 is 1.55 bits per heavy atom. The number of ether oxygens (including phenoxy) is 1. The minimum Gasteiger partial charge on any atom is -0.372 e. The smallest absolute Gasteiger partial charge is 0.103 e. The lowest BCUT2D eigenvalue weighted by Crippen LogP contribution is -2.25. The van der Waals surface area contributed by atoms with E-state index in [1.165, 1.54) is 15.0 Å². The van der Waals surface area contributed by atoms with Crippen LogP contribution in [0.2, 0.25) is 0 Å². The highest BCUT2D eigenvalue weighted by Gasteiger charge is 2.31. The van der Waals surface area contributed by atoms with Gasteiger partial charge in [-0.1, -0.05) is 0 Å². The first-order valence-electron chi connectivity index (χ1n) is 6.78. The van der Waals surface area contributed by atoms with Gasteiger partial charge < -0.3 is 10.1 Å². The molecular weight excluding hydrogens is 338 g/mol. The third-order valence-corrected chi connectivity index (χ3v) is 5.67. The van der Waals surface area contributed by atoms with Crippen molar-refractivity contribution in [1.29, 1.82) is 0 Å². The number of nitrogens with one attached hydrogen (secondary N) is 1. The van der Waals surface area contributed by atoms with E-state index in [1.807, 2.05) is 17.9 Å². The van der Waals surface area contributed by atoms with E-state index < -0.39 is 0 Å². The summed E-state index contributed by atoms with van der Waals surface area (Å²) in [7, 11) is 1.98. The summed E-state index contributed by atoms with van der Waals surface area (Å²) in [5, 5.41) is 9.90. The summed E-state index contributed by atoms with van der Waals surface area (Å²) in [5.41, 5.74) is 1.17. The van der Waals surface area contributed by atoms with Crippen LogP contribution in [-0.2, 0) is 18.3 Å². The molecule has 2 atom stereocenters. The molecule has 3 rings (SSSR count). The van der Waals surface area contributed by atoms with E-state index in [1.54, 1.807) is 11.3 Å². The van der Waals surface area contributed by atoms with E-state index in [0.29, 0.717) is 5.92 Å². The molecule has 2 aromatic heterocycles. The number of nitrogens with zero attached hydrogens (tertiary/aromatic N) is 2. The molecule has 0 bridgehead atoms. The number of aryl methyl sites for hydroxylation is 1. The molecule has 1 aliphatic heterocycles. The third-order valence-electron chi connectivity index (χ3n) is 3.75. The Hall–Kier alpha value is -0.690. The highest BCUT2D eigenvalue weighted by molar-refractivity contribution is 9.10. The summed E-state index contributed by atoms with van der Waals surface area (Å²) in [6, 6.07) is 4.15. The Bertz CT molecular complexity index is 568. The fourth-order valence-electron chi connectivity index (χ4n) is 2.66. The molecule has 0 spiro atoms. The lowest BCUT2D eigenvalue weighted by atomic mass is 9.99. The van der Waals surface area contributed by atoms with Crippen molar-refractivity contribution in [1.82, 2.24) is 15.1 Å². The van der Waals surface area contributed by atoms with Crippen molar-refractivity contribution >= 4 is 27.3 Å². The summed E-state index contributed by atoms with van der Waals surface area (Å²) in [6.07, 6.45) is 3.11. The predicted molar refractivity (Wildman–Crippen MR) is 83.7 cm³/mol. The standard InChI is InChI=1S/C14H18BrN3OS/c1-18-12(2-5-17-18)14-10(3-6-19-14)8-16-9-13-11(15)4-7-20-13/h2,4-5,7,10,14,16H,3,6,8-9H2,1H3/t10-,14+/m0/s1. The molecule has 3 heterocycles. The fraction of sp³-hybridized carbons (Fsp3) is 0.500. The molecule has 1 fully saturated rings. The van der Waals surface area contributed by atoms with E-state index >= 15 is 0 Å². The van der Waals surface area contributed by atoms with Gasteiger partial charge in [0.2, 0.25) is 0 Å². The fourth-order valence-corrected chi connectivity index (χ4v) is 4.12. The molecule has 0 radical (unpaired) electrons. The summed E-state index contributed by atoms with van der Waals surface area (Å²) in [6.45, 7) is 2.72. The number of aromatic nitrogens is 2. The average molecular weight is 356 g/mol. The van der Waals surface area contributed by atoms with Crippen LogP contribution in [0.4, 0.5) is 0 Å². The molecule has 0 unspecified atom stereocenters. The van der Waals surface area contributed by atoms with E-state index in [-0.39, 0.29) is 6.10 Å². The zero-order valence-corrected chi connectivity index (χ0v) is 13.8. The van der Waals surface area contributed by atoms with Gasteiger partial charge in [0.1, 0.15) is 6.10 Å². The predicted octanol–water partition coefficient (Wildman–Crippen LogP) is 3.11. The van der Waals surface area contributed by atoms with Crippen LogP contribution in [0, 0.1) is 5.92 Å². The van der Waals surface area contributed by atoms with Crippen LogP contribution in [0.5, 0.6) is 0 Å². The van der Waals surface area contributed by atoms with Crippen LogP contribution in [0.15, 0.2) is 28.2 Å². The van der Waals surface area contributed by atoms with Gasteiger partial charge in [0.25, 0.3) is 0 Å². The first-order chi connectivity index (χ1) is 9.75. The molecule has 1 saturated heterocycles. The maximum absolute atomic E-state index is 5.89. The van der Waals surface area contributed by atoms with Gasteiger partial charge in [-0.05, 0) is 39.9 Å². The molecule has 1 aliphatic rings. The van der Waals surface area contributed by atoms with Crippen molar-refractivity contribution in [2.24, 2.45) is 13.0 Å². The van der Waals surface area contributed by atoms with Gasteiger partial charge in [0, 0.05) is 48.2 Å². The first-order valence-corrected chi connectivity index (χ1v) is 8.45. The van der Waals surface area contributed by atoms with Gasteiger partial charge >= 0.3 is 0 Å². The molecule has 6 heteroatoms. The Balaban J connectivity index is 1.57. The minimum absolute atomic E-state index is 0.168. The molecule has 0 aliphatic carbocycles. The Labute approximate surface area is 131 Å². The van der Waals surface area contributed by atoms with Crippen LogP contribution in [0.25, 0.3) is 0 Å². The largest absolute Gasteiger partial charge is 0.372 e. The molecule has 2 aromatic rings. The van der Waals surface area contributed by atoms with Gasteiger partial charge in [-0.2, -0.15) is 5.10 Å². The zero-order chi connectivity index (χ0) is 13.9. The van der Waals surface area contributed by atoms with Crippen molar-refractivity contribution < 1.29 is 4.74 Å². The van der Waals surface area contributed by atoms with Crippen LogP contribution in [0.1, 0.15) is 23.1 Å². The summed E-state index contributed by atoms with van der Waals surface area (Å²) in [5.74, 6) is 0.518. The van der Waals surface area contributed by atoms with Gasteiger partial charge in [-0.3, -0.25) is 4.68 Å². The molecule has 1 N–H and O–H groups in total. The first kappa shape index (κ1) is 14.3. The van der Waals surface area contributed by atoms with E-state index in [4.69, 9.17) is 4.74 Å². The van der Waals surface area contributed by atoms with Crippen molar-refractivity contribution in [3.05, 3.63) is 38.8 Å². The lowest BCUT2D eigenvalue weighted by Gasteiger charge is -2.19. The molecule has 0 aromatic carbocycles. The molecule has 108 valence electrons. The molecule has 0 amide bonds. The topological polar surface area (TPSA) is 39.1 Å². The number of hydrogen-bond donors (Lipinski definition) is 1. The summed E-state index contributed by atoms with van der Waals surface area (Å²) in [4.78, 5) is 1.35. The molecule has 0 saturated carbocycles. The van der Waals surface area contributed by atoms with Crippen molar-refractivity contribution in [3.8, 4) is 0 Å². The number of thiophene rings is 1. The minimum atomic E-state index is 0.168. The van der Waals surface area contributed by atoms with Gasteiger partial charge in [-0.15, -0.1) is 11.3 Å². The number of halogens is 1. The van der Waals surface area contributed by atoms with Gasteiger partial charge in [-0.25, -0.2) is 0 Å². The van der Waals surface area contributed by atoms with Crippen LogP contribution in [-0.4, -0.2) is 22.9 Å². The van der Waals surface area contributed by atoms with E-state index in [9.17, 15) is 0 Å². The lowest BCUT2D eigenvalue weighted by molar-refractivity contribution is 0.0838. The number of hydrogen-bond acceptors (Lipinski definition) is 4. The van der Waals surface area contributed by atoms with Crippen molar-refractivity contribution in [2.45, 2.75) is 19.1 Å². The van der Waals surface area contributed by atoms with E-state index in [2.05, 4.69) is 43.9 Å². The monoisotopic (exact) mass is 355 g/mol. The van der Waals surface area contributed by atoms with Crippen LogP contribution < -0.4 is 5.32 Å². The maximum Gasteiger partial charge on any atom is 0.103 e.